The zero-order valence-electron chi connectivity index (χ0n) is 14.0. The predicted molar refractivity (Wildman–Crippen MR) is 101 cm³/mol. The number of piperazine rings is 1. The van der Waals surface area contributed by atoms with Gasteiger partial charge in [-0.05, 0) is 29.0 Å². The van der Waals surface area contributed by atoms with Crippen molar-refractivity contribution >= 4 is 29.7 Å². The molecule has 1 aliphatic heterocycles. The number of rotatable bonds is 4. The molecule has 1 aliphatic rings. The molecule has 0 saturated carbocycles. The molecule has 3 rings (SSSR count). The van der Waals surface area contributed by atoms with Crippen LogP contribution in [0.25, 0.3) is 0 Å². The second-order valence-corrected chi connectivity index (χ2v) is 6.55. The lowest BCUT2D eigenvalue weighted by Crippen LogP contribution is -2.48. The minimum absolute atomic E-state index is 0. The van der Waals surface area contributed by atoms with E-state index in [1.165, 1.54) is 22.5 Å². The van der Waals surface area contributed by atoms with E-state index in [0.717, 1.165) is 19.5 Å². The minimum atomic E-state index is 0. The molecule has 4 nitrogen and oxygen atoms in total. The van der Waals surface area contributed by atoms with E-state index in [1.807, 2.05) is 16.3 Å². The van der Waals surface area contributed by atoms with Crippen LogP contribution in [0.5, 0.6) is 5.75 Å². The highest BCUT2D eigenvalue weighted by atomic mass is 35.5. The lowest BCUT2D eigenvalue weighted by molar-refractivity contribution is 0.0636. The zero-order valence-corrected chi connectivity index (χ0v) is 15.6. The Morgan fingerprint density at radius 3 is 2.75 bits per heavy atom. The average Bonchev–Trinajstić information content (AvgIpc) is 3.10. The fourth-order valence-electron chi connectivity index (χ4n) is 2.97. The van der Waals surface area contributed by atoms with Crippen molar-refractivity contribution in [1.29, 1.82) is 0 Å². The Labute approximate surface area is 153 Å². The molecule has 1 saturated heterocycles. The smallest absolute Gasteiger partial charge is 0.268 e. The zero-order chi connectivity index (χ0) is 16.2. The summed E-state index contributed by atoms with van der Waals surface area (Å²) >= 11 is 1.44. The third-order valence-corrected chi connectivity index (χ3v) is 5.20. The summed E-state index contributed by atoms with van der Waals surface area (Å²) in [6, 6.07) is 10.5. The van der Waals surface area contributed by atoms with Crippen molar-refractivity contribution in [3.63, 3.8) is 0 Å². The number of hydrogen-bond acceptors (Lipinski definition) is 4. The predicted octanol–water partition coefficient (Wildman–Crippen LogP) is 3.53. The molecular formula is C18H23ClN2O2S. The molecule has 2 aromatic rings. The Morgan fingerprint density at radius 1 is 1.33 bits per heavy atom. The maximum absolute atomic E-state index is 13.0. The maximum Gasteiger partial charge on any atom is 0.268 e. The van der Waals surface area contributed by atoms with Crippen molar-refractivity contribution in [1.82, 2.24) is 10.2 Å². The van der Waals surface area contributed by atoms with E-state index < -0.39 is 0 Å². The van der Waals surface area contributed by atoms with Crippen LogP contribution in [0.4, 0.5) is 0 Å². The van der Waals surface area contributed by atoms with E-state index in [9.17, 15) is 4.79 Å². The van der Waals surface area contributed by atoms with E-state index in [0.29, 0.717) is 17.2 Å². The van der Waals surface area contributed by atoms with Crippen LogP contribution in [0.2, 0.25) is 0 Å². The van der Waals surface area contributed by atoms with Gasteiger partial charge in [-0.1, -0.05) is 31.2 Å². The van der Waals surface area contributed by atoms with E-state index in [4.69, 9.17) is 4.74 Å². The number of carbonyl (C=O) groups excluding carboxylic acids is 1. The number of nitrogens with zero attached hydrogens (tertiary/aromatic N) is 1. The van der Waals surface area contributed by atoms with Crippen LogP contribution in [0.15, 0.2) is 35.7 Å². The number of aryl methyl sites for hydroxylation is 1. The minimum Gasteiger partial charge on any atom is -0.495 e. The maximum atomic E-state index is 13.0. The summed E-state index contributed by atoms with van der Waals surface area (Å²) in [7, 11) is 1.61. The van der Waals surface area contributed by atoms with Gasteiger partial charge in [0.15, 0.2) is 0 Å². The third kappa shape index (κ3) is 3.74. The summed E-state index contributed by atoms with van der Waals surface area (Å²) in [6.07, 6.45) is 1.03. The van der Waals surface area contributed by atoms with E-state index in [1.54, 1.807) is 7.11 Å². The standard InChI is InChI=1S/C18H22N2O2S.ClH/c1-3-13-4-6-14(7-5-13)15-12-19-9-10-20(15)18(21)17-16(22-2)8-11-23-17;/h4-8,11,15,19H,3,9-10,12H2,1-2H3;1H. The Kier molecular flexibility index (Phi) is 6.66. The van der Waals surface area contributed by atoms with Crippen LogP contribution in [0.1, 0.15) is 33.8 Å². The van der Waals surface area contributed by atoms with Crippen molar-refractivity contribution in [2.75, 3.05) is 26.7 Å². The second-order valence-electron chi connectivity index (χ2n) is 5.63. The van der Waals surface area contributed by atoms with Gasteiger partial charge in [0.2, 0.25) is 0 Å². The first-order valence-corrected chi connectivity index (χ1v) is 8.84. The Morgan fingerprint density at radius 2 is 2.08 bits per heavy atom. The highest BCUT2D eigenvalue weighted by Gasteiger charge is 2.30. The molecule has 1 N–H and O–H groups in total. The molecule has 1 unspecified atom stereocenters. The highest BCUT2D eigenvalue weighted by Crippen LogP contribution is 2.30. The average molecular weight is 367 g/mol. The molecule has 0 bridgehead atoms. The SMILES string of the molecule is CCc1ccc(C2CNCCN2C(=O)c2sccc2OC)cc1.Cl. The van der Waals surface area contributed by atoms with Gasteiger partial charge in [-0.2, -0.15) is 0 Å². The summed E-state index contributed by atoms with van der Waals surface area (Å²) in [5.74, 6) is 0.724. The second kappa shape index (κ2) is 8.51. The molecule has 130 valence electrons. The van der Waals surface area contributed by atoms with Crippen LogP contribution < -0.4 is 10.1 Å². The third-order valence-electron chi connectivity index (χ3n) is 4.32. The van der Waals surface area contributed by atoms with Gasteiger partial charge < -0.3 is 15.0 Å². The van der Waals surface area contributed by atoms with Crippen LogP contribution in [-0.4, -0.2) is 37.6 Å². The van der Waals surface area contributed by atoms with Gasteiger partial charge in [-0.25, -0.2) is 0 Å². The van der Waals surface area contributed by atoms with Crippen LogP contribution in [-0.2, 0) is 6.42 Å². The molecule has 1 fully saturated rings. The number of methoxy groups -OCH3 is 1. The molecule has 0 aliphatic carbocycles. The van der Waals surface area contributed by atoms with Gasteiger partial charge in [0.25, 0.3) is 5.91 Å². The molecule has 0 spiro atoms. The molecule has 6 heteroatoms. The van der Waals surface area contributed by atoms with Gasteiger partial charge in [0.05, 0.1) is 13.2 Å². The molecule has 1 atom stereocenters. The van der Waals surface area contributed by atoms with Gasteiger partial charge in [-0.15, -0.1) is 23.7 Å². The topological polar surface area (TPSA) is 41.6 Å². The fraction of sp³-hybridized carbons (Fsp3) is 0.389. The summed E-state index contributed by atoms with van der Waals surface area (Å²) < 4.78 is 5.32. The molecule has 1 amide bonds. The fourth-order valence-corrected chi connectivity index (χ4v) is 3.78. The van der Waals surface area contributed by atoms with E-state index in [-0.39, 0.29) is 24.4 Å². The highest BCUT2D eigenvalue weighted by molar-refractivity contribution is 7.12. The first-order chi connectivity index (χ1) is 11.2. The molecule has 24 heavy (non-hydrogen) atoms. The molecule has 1 aromatic carbocycles. The Hall–Kier alpha value is -1.56. The number of amides is 1. The van der Waals surface area contributed by atoms with Gasteiger partial charge in [0, 0.05) is 19.6 Å². The molecule has 2 heterocycles. The van der Waals surface area contributed by atoms with Crippen molar-refractivity contribution in [3.05, 3.63) is 51.7 Å². The lowest BCUT2D eigenvalue weighted by atomic mass is 10.0. The van der Waals surface area contributed by atoms with Crippen molar-refractivity contribution in [2.24, 2.45) is 0 Å². The monoisotopic (exact) mass is 366 g/mol. The van der Waals surface area contributed by atoms with E-state index in [2.05, 4.69) is 36.5 Å². The van der Waals surface area contributed by atoms with E-state index >= 15 is 0 Å². The van der Waals surface area contributed by atoms with Crippen LogP contribution >= 0.6 is 23.7 Å². The largest absolute Gasteiger partial charge is 0.495 e. The van der Waals surface area contributed by atoms with Crippen LogP contribution in [0.3, 0.4) is 0 Å². The van der Waals surface area contributed by atoms with Crippen molar-refractivity contribution in [3.8, 4) is 5.75 Å². The van der Waals surface area contributed by atoms with Gasteiger partial charge in [-0.3, -0.25) is 4.79 Å². The van der Waals surface area contributed by atoms with Gasteiger partial charge >= 0.3 is 0 Å². The molecule has 1 aromatic heterocycles. The first kappa shape index (κ1) is 18.8. The van der Waals surface area contributed by atoms with Gasteiger partial charge in [0.1, 0.15) is 10.6 Å². The number of halogens is 1. The number of nitrogens with one attached hydrogen (secondary N) is 1. The number of ether oxygens (including phenoxy) is 1. The van der Waals surface area contributed by atoms with Crippen LogP contribution in [0, 0.1) is 0 Å². The Balaban J connectivity index is 0.00000208. The van der Waals surface area contributed by atoms with Crippen molar-refractivity contribution < 1.29 is 9.53 Å². The summed E-state index contributed by atoms with van der Waals surface area (Å²) in [4.78, 5) is 15.6. The number of hydrogen-bond donors (Lipinski definition) is 1. The molecule has 0 radical (unpaired) electrons. The summed E-state index contributed by atoms with van der Waals surface area (Å²) in [5.41, 5.74) is 2.49. The number of carbonyl (C=O) groups is 1. The quantitative estimate of drug-likeness (QED) is 0.900. The first-order valence-electron chi connectivity index (χ1n) is 7.96. The Bertz CT molecular complexity index is 672. The number of benzene rings is 1. The normalized spacial score (nSPS) is 17.2. The van der Waals surface area contributed by atoms with Crippen molar-refractivity contribution in [2.45, 2.75) is 19.4 Å². The summed E-state index contributed by atoms with van der Waals surface area (Å²) in [5, 5.41) is 5.30. The number of thiophene rings is 1. The molecular weight excluding hydrogens is 344 g/mol. The summed E-state index contributed by atoms with van der Waals surface area (Å²) in [6.45, 7) is 4.46. The lowest BCUT2D eigenvalue weighted by Gasteiger charge is -2.36.